The van der Waals surface area contributed by atoms with Crippen molar-refractivity contribution in [3.8, 4) is 11.6 Å². The quantitative estimate of drug-likeness (QED) is 0.870. The van der Waals surface area contributed by atoms with Crippen molar-refractivity contribution in [2.45, 2.75) is 26.2 Å². The van der Waals surface area contributed by atoms with Crippen LogP contribution in [0.3, 0.4) is 0 Å². The molecule has 0 radical (unpaired) electrons. The molecule has 0 bridgehead atoms. The van der Waals surface area contributed by atoms with E-state index in [2.05, 4.69) is 4.98 Å². The van der Waals surface area contributed by atoms with Crippen LogP contribution in [0.1, 0.15) is 28.8 Å². The Morgan fingerprint density at radius 1 is 1.33 bits per heavy atom. The molecule has 0 atom stereocenters. The molecule has 0 saturated carbocycles. The smallest absolute Gasteiger partial charge is 0.229 e. The minimum atomic E-state index is 0.298. The number of aryl methyl sites for hydroxylation is 3. The van der Waals surface area contributed by atoms with Crippen LogP contribution in [-0.4, -0.2) is 9.97 Å². The monoisotopic (exact) mass is 318 g/mol. The van der Waals surface area contributed by atoms with Gasteiger partial charge in [-0.1, -0.05) is 29.9 Å². The number of ether oxygens (including phenoxy) is 1. The van der Waals surface area contributed by atoms with Crippen molar-refractivity contribution in [2.75, 3.05) is 0 Å². The molecule has 2 aromatic rings. The number of thiocarbonyl (C=S) groups is 1. The first-order chi connectivity index (χ1) is 10.0. The Balaban J connectivity index is 2.05. The molecule has 3 rings (SSSR count). The zero-order chi connectivity index (χ0) is 15.0. The first-order valence-corrected chi connectivity index (χ1v) is 7.60. The molecule has 0 aliphatic heterocycles. The lowest BCUT2D eigenvalue weighted by Gasteiger charge is -2.13. The van der Waals surface area contributed by atoms with Gasteiger partial charge in [0.05, 0.1) is 5.56 Å². The van der Waals surface area contributed by atoms with E-state index in [4.69, 9.17) is 34.3 Å². The zero-order valence-electron chi connectivity index (χ0n) is 11.6. The second-order valence-corrected chi connectivity index (χ2v) is 6.05. The summed E-state index contributed by atoms with van der Waals surface area (Å²) < 4.78 is 5.94. The van der Waals surface area contributed by atoms with E-state index in [0.29, 0.717) is 27.2 Å². The molecular weight excluding hydrogens is 304 g/mol. The number of aromatic nitrogens is 1. The van der Waals surface area contributed by atoms with Crippen LogP contribution in [0.25, 0.3) is 0 Å². The van der Waals surface area contributed by atoms with Crippen LogP contribution < -0.4 is 10.5 Å². The number of benzene rings is 1. The van der Waals surface area contributed by atoms with Gasteiger partial charge in [0.15, 0.2) is 0 Å². The van der Waals surface area contributed by atoms with Gasteiger partial charge in [0, 0.05) is 10.7 Å². The van der Waals surface area contributed by atoms with Crippen LogP contribution in [0.15, 0.2) is 24.3 Å². The molecule has 2 N–H and O–H groups in total. The molecule has 0 amide bonds. The molecule has 108 valence electrons. The van der Waals surface area contributed by atoms with Crippen molar-refractivity contribution >= 4 is 28.8 Å². The lowest BCUT2D eigenvalue weighted by molar-refractivity contribution is 0.456. The van der Waals surface area contributed by atoms with E-state index in [1.54, 1.807) is 6.07 Å². The first kappa shape index (κ1) is 14.3. The molecule has 1 aromatic carbocycles. The molecule has 1 heterocycles. The molecule has 0 saturated heterocycles. The van der Waals surface area contributed by atoms with Crippen molar-refractivity contribution in [1.82, 2.24) is 4.98 Å². The Morgan fingerprint density at radius 3 is 2.90 bits per heavy atom. The highest BCUT2D eigenvalue weighted by Crippen LogP contribution is 2.32. The largest absolute Gasteiger partial charge is 0.438 e. The summed E-state index contributed by atoms with van der Waals surface area (Å²) in [6.45, 7) is 1.96. The summed E-state index contributed by atoms with van der Waals surface area (Å²) >= 11 is 11.2. The second-order valence-electron chi connectivity index (χ2n) is 5.18. The third-order valence-electron chi connectivity index (χ3n) is 3.64. The molecule has 1 aliphatic rings. The molecule has 1 aliphatic carbocycles. The molecule has 0 spiro atoms. The van der Waals surface area contributed by atoms with Gasteiger partial charge in [-0.2, -0.15) is 0 Å². The SMILES string of the molecule is Cc1ccc(Cl)cc1Oc1nc2c(cc1C(N)=S)CCC2. The zero-order valence-corrected chi connectivity index (χ0v) is 13.2. The Bertz CT molecular complexity index is 730. The van der Waals surface area contributed by atoms with Crippen LogP contribution >= 0.6 is 23.8 Å². The number of rotatable bonds is 3. The molecular formula is C16H15ClN2OS. The standard InChI is InChI=1S/C16H15ClN2OS/c1-9-5-6-11(17)8-14(9)20-16-12(15(18)21)7-10-3-2-4-13(10)19-16/h5-8H,2-4H2,1H3,(H2,18,21). The number of hydrogen-bond acceptors (Lipinski definition) is 3. The summed E-state index contributed by atoms with van der Waals surface area (Å²) in [5.74, 6) is 1.14. The number of pyridine rings is 1. The average molecular weight is 319 g/mol. The Hall–Kier alpha value is -1.65. The van der Waals surface area contributed by atoms with Crippen LogP contribution in [0, 0.1) is 6.92 Å². The van der Waals surface area contributed by atoms with Crippen molar-refractivity contribution in [3.05, 3.63) is 51.7 Å². The summed E-state index contributed by atoms with van der Waals surface area (Å²) in [7, 11) is 0. The predicted molar refractivity (Wildman–Crippen MR) is 88.4 cm³/mol. The van der Waals surface area contributed by atoms with Gasteiger partial charge in [0.1, 0.15) is 10.7 Å². The van der Waals surface area contributed by atoms with Crippen LogP contribution in [-0.2, 0) is 12.8 Å². The molecule has 3 nitrogen and oxygen atoms in total. The van der Waals surface area contributed by atoms with E-state index in [1.807, 2.05) is 25.1 Å². The Morgan fingerprint density at radius 2 is 2.14 bits per heavy atom. The van der Waals surface area contributed by atoms with Crippen molar-refractivity contribution in [1.29, 1.82) is 0 Å². The minimum Gasteiger partial charge on any atom is -0.438 e. The van der Waals surface area contributed by atoms with Gasteiger partial charge in [-0.05, 0) is 55.5 Å². The topological polar surface area (TPSA) is 48.1 Å². The van der Waals surface area contributed by atoms with E-state index in [-0.39, 0.29) is 0 Å². The van der Waals surface area contributed by atoms with Crippen molar-refractivity contribution in [3.63, 3.8) is 0 Å². The Kier molecular flexibility index (Phi) is 3.83. The van der Waals surface area contributed by atoms with Gasteiger partial charge in [0.25, 0.3) is 0 Å². The third-order valence-corrected chi connectivity index (χ3v) is 4.09. The fraction of sp³-hybridized carbons (Fsp3) is 0.250. The number of fused-ring (bicyclic) bond motifs is 1. The van der Waals surface area contributed by atoms with E-state index in [9.17, 15) is 0 Å². The summed E-state index contributed by atoms with van der Waals surface area (Å²) in [6.07, 6.45) is 3.10. The summed E-state index contributed by atoms with van der Waals surface area (Å²) in [5.41, 5.74) is 9.77. The van der Waals surface area contributed by atoms with Gasteiger partial charge in [-0.15, -0.1) is 0 Å². The third kappa shape index (κ3) is 2.87. The van der Waals surface area contributed by atoms with Gasteiger partial charge in [-0.3, -0.25) is 0 Å². The second kappa shape index (κ2) is 5.62. The van der Waals surface area contributed by atoms with E-state index in [0.717, 1.165) is 30.5 Å². The van der Waals surface area contributed by atoms with Crippen LogP contribution in [0.4, 0.5) is 0 Å². The molecule has 1 aromatic heterocycles. The van der Waals surface area contributed by atoms with E-state index >= 15 is 0 Å². The van der Waals surface area contributed by atoms with E-state index in [1.165, 1.54) is 5.56 Å². The molecule has 21 heavy (non-hydrogen) atoms. The molecule has 5 heteroatoms. The first-order valence-electron chi connectivity index (χ1n) is 6.81. The highest BCUT2D eigenvalue weighted by atomic mass is 35.5. The number of halogens is 1. The highest BCUT2D eigenvalue weighted by molar-refractivity contribution is 7.80. The molecule has 0 fully saturated rings. The lowest BCUT2D eigenvalue weighted by Crippen LogP contribution is -2.13. The number of hydrogen-bond donors (Lipinski definition) is 1. The lowest BCUT2D eigenvalue weighted by atomic mass is 10.1. The van der Waals surface area contributed by atoms with Gasteiger partial charge in [-0.25, -0.2) is 4.98 Å². The maximum Gasteiger partial charge on any atom is 0.229 e. The summed E-state index contributed by atoms with van der Waals surface area (Å²) in [6, 6.07) is 7.52. The van der Waals surface area contributed by atoms with Crippen LogP contribution in [0.2, 0.25) is 5.02 Å². The summed E-state index contributed by atoms with van der Waals surface area (Å²) in [4.78, 5) is 4.91. The van der Waals surface area contributed by atoms with Gasteiger partial charge < -0.3 is 10.5 Å². The molecule has 0 unspecified atom stereocenters. The van der Waals surface area contributed by atoms with Crippen LogP contribution in [0.5, 0.6) is 11.6 Å². The predicted octanol–water partition coefficient (Wildman–Crippen LogP) is 3.96. The van der Waals surface area contributed by atoms with Crippen molar-refractivity contribution in [2.24, 2.45) is 5.73 Å². The average Bonchev–Trinajstić information content (AvgIpc) is 2.89. The maximum absolute atomic E-state index is 6.03. The number of nitrogens with two attached hydrogens (primary N) is 1. The Labute approximate surface area is 134 Å². The van der Waals surface area contributed by atoms with Crippen molar-refractivity contribution < 1.29 is 4.74 Å². The van der Waals surface area contributed by atoms with E-state index < -0.39 is 0 Å². The summed E-state index contributed by atoms with van der Waals surface area (Å²) in [5, 5.41) is 0.619. The number of nitrogens with zero attached hydrogens (tertiary/aromatic N) is 1. The van der Waals surface area contributed by atoms with Gasteiger partial charge >= 0.3 is 0 Å². The fourth-order valence-electron chi connectivity index (χ4n) is 2.50. The normalized spacial score (nSPS) is 13.0. The highest BCUT2D eigenvalue weighted by Gasteiger charge is 2.19. The minimum absolute atomic E-state index is 0.298. The fourth-order valence-corrected chi connectivity index (χ4v) is 2.80. The van der Waals surface area contributed by atoms with Gasteiger partial charge in [0.2, 0.25) is 5.88 Å². The maximum atomic E-state index is 6.03.